The second-order valence-corrected chi connectivity index (χ2v) is 7.88. The Bertz CT molecular complexity index is 1050. The number of guanidine groups is 1. The molecule has 3 heterocycles. The smallest absolute Gasteiger partial charge is 0.191 e. The molecule has 178 valence electrons. The van der Waals surface area contributed by atoms with Gasteiger partial charge in [0.05, 0.1) is 14.2 Å². The summed E-state index contributed by atoms with van der Waals surface area (Å²) in [6, 6.07) is 12.3. The first-order valence-electron chi connectivity index (χ1n) is 10.9. The zero-order valence-corrected chi connectivity index (χ0v) is 21.7. The van der Waals surface area contributed by atoms with Gasteiger partial charge < -0.3 is 20.1 Å². The number of nitrogens with one attached hydrogen (secondary N) is 2. The van der Waals surface area contributed by atoms with Crippen molar-refractivity contribution in [3.05, 3.63) is 54.0 Å². The number of halogens is 1. The molecule has 1 aliphatic rings. The van der Waals surface area contributed by atoms with Crippen LogP contribution in [0.5, 0.6) is 11.5 Å². The number of benzene rings is 1. The normalized spacial score (nSPS) is 16.5. The van der Waals surface area contributed by atoms with Gasteiger partial charge in [-0.15, -0.1) is 34.2 Å². The molecule has 1 fully saturated rings. The van der Waals surface area contributed by atoms with E-state index in [-0.39, 0.29) is 24.0 Å². The van der Waals surface area contributed by atoms with Crippen LogP contribution in [0.25, 0.3) is 5.65 Å². The number of likely N-dealkylation sites (tertiary alicyclic amines) is 1. The summed E-state index contributed by atoms with van der Waals surface area (Å²) in [5, 5.41) is 15.4. The van der Waals surface area contributed by atoms with E-state index in [0.717, 1.165) is 68.0 Å². The van der Waals surface area contributed by atoms with E-state index in [9.17, 15) is 0 Å². The molecule has 9 nitrogen and oxygen atoms in total. The van der Waals surface area contributed by atoms with Crippen LogP contribution in [-0.4, -0.2) is 72.4 Å². The average Bonchev–Trinajstić information content (AvgIpc) is 3.44. The number of fused-ring (bicyclic) bond motifs is 1. The lowest BCUT2D eigenvalue weighted by Gasteiger charge is -2.19. The van der Waals surface area contributed by atoms with Crippen molar-refractivity contribution in [2.75, 3.05) is 40.9 Å². The minimum absolute atomic E-state index is 0. The molecule has 0 bridgehead atoms. The van der Waals surface area contributed by atoms with E-state index in [1.807, 2.05) is 34.9 Å². The highest BCUT2D eigenvalue weighted by molar-refractivity contribution is 14.0. The summed E-state index contributed by atoms with van der Waals surface area (Å²) in [6.45, 7) is 3.57. The van der Waals surface area contributed by atoms with Crippen LogP contribution < -0.4 is 20.1 Å². The summed E-state index contributed by atoms with van der Waals surface area (Å²) in [5.74, 6) is 3.38. The Morgan fingerprint density at radius 3 is 2.67 bits per heavy atom. The Hall–Kier alpha value is -2.60. The Labute approximate surface area is 211 Å². The molecule has 1 aliphatic heterocycles. The quantitative estimate of drug-likeness (QED) is 0.246. The number of hydrogen-bond donors (Lipinski definition) is 2. The van der Waals surface area contributed by atoms with E-state index in [1.54, 1.807) is 21.3 Å². The van der Waals surface area contributed by atoms with Gasteiger partial charge in [0.25, 0.3) is 0 Å². The molecule has 0 aliphatic carbocycles. The van der Waals surface area contributed by atoms with E-state index in [2.05, 4.69) is 42.9 Å². The first kappa shape index (κ1) is 25.0. The number of hydrogen-bond acceptors (Lipinski definition) is 6. The van der Waals surface area contributed by atoms with Crippen LogP contribution in [0.4, 0.5) is 0 Å². The molecule has 0 spiro atoms. The van der Waals surface area contributed by atoms with Crippen molar-refractivity contribution < 1.29 is 9.47 Å². The molecule has 1 unspecified atom stereocenters. The Kier molecular flexibility index (Phi) is 9.12. The first-order chi connectivity index (χ1) is 15.7. The van der Waals surface area contributed by atoms with Gasteiger partial charge in [-0.25, -0.2) is 0 Å². The molecule has 1 atom stereocenters. The number of methoxy groups -OCH3 is 2. The van der Waals surface area contributed by atoms with Crippen molar-refractivity contribution in [2.45, 2.75) is 25.4 Å². The fourth-order valence-electron chi connectivity index (χ4n) is 4.05. The summed E-state index contributed by atoms with van der Waals surface area (Å²) < 4.78 is 12.8. The van der Waals surface area contributed by atoms with Gasteiger partial charge in [-0.1, -0.05) is 6.07 Å². The van der Waals surface area contributed by atoms with E-state index < -0.39 is 0 Å². The van der Waals surface area contributed by atoms with Gasteiger partial charge >= 0.3 is 0 Å². The predicted octanol–water partition coefficient (Wildman–Crippen LogP) is 2.35. The molecule has 2 aromatic heterocycles. The van der Waals surface area contributed by atoms with Crippen molar-refractivity contribution in [3.63, 3.8) is 0 Å². The summed E-state index contributed by atoms with van der Waals surface area (Å²) in [4.78, 5) is 6.82. The number of rotatable bonds is 8. The highest BCUT2D eigenvalue weighted by Crippen LogP contribution is 2.24. The van der Waals surface area contributed by atoms with Crippen molar-refractivity contribution in [1.29, 1.82) is 0 Å². The molecule has 4 rings (SSSR count). The van der Waals surface area contributed by atoms with Gasteiger partial charge in [0.1, 0.15) is 17.3 Å². The Morgan fingerprint density at radius 2 is 1.94 bits per heavy atom. The van der Waals surface area contributed by atoms with Crippen molar-refractivity contribution in [3.8, 4) is 11.5 Å². The second-order valence-electron chi connectivity index (χ2n) is 7.88. The third-order valence-corrected chi connectivity index (χ3v) is 5.68. The minimum atomic E-state index is 0. The van der Waals surface area contributed by atoms with Crippen LogP contribution in [0.3, 0.4) is 0 Å². The minimum Gasteiger partial charge on any atom is -0.497 e. The van der Waals surface area contributed by atoms with Gasteiger partial charge in [-0.2, -0.15) is 0 Å². The van der Waals surface area contributed by atoms with Gasteiger partial charge in [0, 0.05) is 58.0 Å². The van der Waals surface area contributed by atoms with Crippen LogP contribution in [0.1, 0.15) is 17.8 Å². The SMILES string of the molecule is CN=C(NCCc1nnc2ccccn12)NC1CCN(Cc2cc(OC)cc(OC)c2)C1.I. The zero-order valence-electron chi connectivity index (χ0n) is 19.3. The lowest BCUT2D eigenvalue weighted by atomic mass is 10.2. The zero-order chi connectivity index (χ0) is 22.3. The lowest BCUT2D eigenvalue weighted by molar-refractivity contribution is 0.321. The van der Waals surface area contributed by atoms with E-state index in [0.29, 0.717) is 6.04 Å². The van der Waals surface area contributed by atoms with Gasteiger partial charge in [0.15, 0.2) is 11.6 Å². The summed E-state index contributed by atoms with van der Waals surface area (Å²) >= 11 is 0. The maximum absolute atomic E-state index is 5.39. The van der Waals surface area contributed by atoms with Crippen LogP contribution in [0, 0.1) is 0 Å². The summed E-state index contributed by atoms with van der Waals surface area (Å²) in [5.41, 5.74) is 2.05. The molecule has 2 N–H and O–H groups in total. The monoisotopic (exact) mass is 565 g/mol. The maximum Gasteiger partial charge on any atom is 0.191 e. The van der Waals surface area contributed by atoms with E-state index in [1.165, 1.54) is 5.56 Å². The highest BCUT2D eigenvalue weighted by Gasteiger charge is 2.23. The second kappa shape index (κ2) is 12.0. The van der Waals surface area contributed by atoms with Crippen LogP contribution in [0.2, 0.25) is 0 Å². The van der Waals surface area contributed by atoms with Gasteiger partial charge in [0.2, 0.25) is 0 Å². The molecule has 0 saturated carbocycles. The molecule has 0 amide bonds. The average molecular weight is 565 g/mol. The van der Waals surface area contributed by atoms with Gasteiger partial charge in [-0.3, -0.25) is 14.3 Å². The molecule has 1 aromatic carbocycles. The predicted molar refractivity (Wildman–Crippen MR) is 140 cm³/mol. The Balaban J connectivity index is 0.00000306. The molecule has 3 aromatic rings. The summed E-state index contributed by atoms with van der Waals surface area (Å²) in [6.07, 6.45) is 3.82. The number of pyridine rings is 1. The van der Waals surface area contributed by atoms with Crippen molar-refractivity contribution in [1.82, 2.24) is 30.1 Å². The topological polar surface area (TPSA) is 88.3 Å². The van der Waals surface area contributed by atoms with Crippen LogP contribution >= 0.6 is 24.0 Å². The highest BCUT2D eigenvalue weighted by atomic mass is 127. The van der Waals surface area contributed by atoms with E-state index >= 15 is 0 Å². The molecule has 1 saturated heterocycles. The molecular weight excluding hydrogens is 533 g/mol. The fraction of sp³-hybridized carbons (Fsp3) is 0.435. The number of aliphatic imine (C=N–C) groups is 1. The molecular formula is C23H32IN7O2. The van der Waals surface area contributed by atoms with Gasteiger partial charge in [-0.05, 0) is 36.2 Å². The third-order valence-electron chi connectivity index (χ3n) is 5.68. The number of ether oxygens (including phenoxy) is 2. The Morgan fingerprint density at radius 1 is 1.15 bits per heavy atom. The molecule has 10 heteroatoms. The van der Waals surface area contributed by atoms with Crippen molar-refractivity contribution >= 4 is 35.6 Å². The number of aromatic nitrogens is 3. The van der Waals surface area contributed by atoms with Crippen molar-refractivity contribution in [2.24, 2.45) is 4.99 Å². The first-order valence-corrected chi connectivity index (χ1v) is 10.9. The molecule has 0 radical (unpaired) electrons. The maximum atomic E-state index is 5.39. The van der Waals surface area contributed by atoms with Crippen LogP contribution in [0.15, 0.2) is 47.6 Å². The number of nitrogens with zero attached hydrogens (tertiary/aromatic N) is 5. The summed E-state index contributed by atoms with van der Waals surface area (Å²) in [7, 11) is 5.16. The largest absolute Gasteiger partial charge is 0.497 e. The molecule has 33 heavy (non-hydrogen) atoms. The third kappa shape index (κ3) is 6.47. The van der Waals surface area contributed by atoms with E-state index in [4.69, 9.17) is 9.47 Å². The fourth-order valence-corrected chi connectivity index (χ4v) is 4.05. The lowest BCUT2D eigenvalue weighted by Crippen LogP contribution is -2.45. The van der Waals surface area contributed by atoms with Crippen LogP contribution in [-0.2, 0) is 13.0 Å². The standard InChI is InChI=1S/C23H31N7O2.HI/c1-24-23(25-9-7-22-28-27-21-6-4-5-10-30(21)22)26-18-8-11-29(16-18)15-17-12-19(31-2)14-20(13-17)32-3;/h4-6,10,12-14,18H,7-9,11,15-16H2,1-3H3,(H2,24,25,26);1H.